The van der Waals surface area contributed by atoms with Crippen LogP contribution in [0, 0.1) is 0 Å². The quantitative estimate of drug-likeness (QED) is 0.699. The number of rotatable bonds is 3. The van der Waals surface area contributed by atoms with E-state index in [1.807, 2.05) is 0 Å². The zero-order valence-corrected chi connectivity index (χ0v) is 14.2. The summed E-state index contributed by atoms with van der Waals surface area (Å²) in [6.45, 7) is 6.69. The van der Waals surface area contributed by atoms with Crippen molar-refractivity contribution in [3.05, 3.63) is 78.4 Å². The highest BCUT2D eigenvalue weighted by Crippen LogP contribution is 2.24. The minimum Gasteiger partial charge on any atom is -0.366 e. The third-order valence-corrected chi connectivity index (χ3v) is 5.07. The Morgan fingerprint density at radius 1 is 0.833 bits per heavy atom. The molecule has 1 saturated heterocycles. The molecule has 1 fully saturated rings. The maximum atomic E-state index is 2.59. The van der Waals surface area contributed by atoms with Crippen LogP contribution in [0.1, 0.15) is 12.5 Å². The maximum absolute atomic E-state index is 2.59. The summed E-state index contributed by atoms with van der Waals surface area (Å²) in [5.41, 5.74) is 2.78. The first-order valence-electron chi connectivity index (χ1n) is 8.82. The summed E-state index contributed by atoms with van der Waals surface area (Å²) < 4.78 is 0. The van der Waals surface area contributed by atoms with Crippen LogP contribution in [-0.4, -0.2) is 30.6 Å². The van der Waals surface area contributed by atoms with E-state index in [2.05, 4.69) is 89.5 Å². The summed E-state index contributed by atoms with van der Waals surface area (Å²) in [6, 6.07) is 26.7. The Bertz CT molecular complexity index is 807. The second-order valence-electron chi connectivity index (χ2n) is 6.75. The average molecular weight is 316 g/mol. The van der Waals surface area contributed by atoms with E-state index < -0.39 is 0 Å². The van der Waals surface area contributed by atoms with E-state index in [4.69, 9.17) is 0 Å². The van der Waals surface area contributed by atoms with Gasteiger partial charge in [-0.05, 0) is 35.4 Å². The second-order valence-corrected chi connectivity index (χ2v) is 6.75. The molecule has 0 radical (unpaired) electrons. The number of para-hydroxylation sites is 1. The van der Waals surface area contributed by atoms with E-state index in [-0.39, 0.29) is 0 Å². The smallest absolute Gasteiger partial charge is 0.0389 e. The van der Waals surface area contributed by atoms with Crippen LogP contribution in [-0.2, 0) is 6.54 Å². The molecule has 1 atom stereocenters. The minimum atomic E-state index is 0.538. The third kappa shape index (κ3) is 3.02. The molecule has 1 heterocycles. The Morgan fingerprint density at radius 2 is 1.58 bits per heavy atom. The molecule has 3 aromatic rings. The van der Waals surface area contributed by atoms with Gasteiger partial charge in [0.05, 0.1) is 0 Å². The van der Waals surface area contributed by atoms with Gasteiger partial charge in [0, 0.05) is 37.9 Å². The van der Waals surface area contributed by atoms with Crippen LogP contribution in [0.15, 0.2) is 72.8 Å². The van der Waals surface area contributed by atoms with Gasteiger partial charge in [0.2, 0.25) is 0 Å². The summed E-state index contributed by atoms with van der Waals surface area (Å²) >= 11 is 0. The van der Waals surface area contributed by atoms with Gasteiger partial charge in [0.1, 0.15) is 0 Å². The number of benzene rings is 3. The van der Waals surface area contributed by atoms with Crippen molar-refractivity contribution in [2.75, 3.05) is 24.5 Å². The molecule has 1 aliphatic rings. The Hall–Kier alpha value is -2.32. The normalized spacial score (nSPS) is 18.9. The highest BCUT2D eigenvalue weighted by molar-refractivity contribution is 5.85. The van der Waals surface area contributed by atoms with Crippen molar-refractivity contribution in [2.24, 2.45) is 0 Å². The number of hydrogen-bond donors (Lipinski definition) is 0. The third-order valence-electron chi connectivity index (χ3n) is 5.07. The topological polar surface area (TPSA) is 6.48 Å². The molecule has 1 aliphatic heterocycles. The van der Waals surface area contributed by atoms with Crippen LogP contribution in [0.2, 0.25) is 0 Å². The minimum absolute atomic E-state index is 0.538. The molecule has 3 aromatic carbocycles. The van der Waals surface area contributed by atoms with Crippen LogP contribution in [0.5, 0.6) is 0 Å². The number of nitrogens with zero attached hydrogens (tertiary/aromatic N) is 2. The van der Waals surface area contributed by atoms with Crippen molar-refractivity contribution in [2.45, 2.75) is 19.5 Å². The summed E-state index contributed by atoms with van der Waals surface area (Å²) in [6.07, 6.45) is 0. The molecule has 24 heavy (non-hydrogen) atoms. The van der Waals surface area contributed by atoms with E-state index in [9.17, 15) is 0 Å². The molecule has 2 heteroatoms. The second kappa shape index (κ2) is 6.66. The molecule has 2 nitrogen and oxygen atoms in total. The van der Waals surface area contributed by atoms with E-state index in [0.717, 1.165) is 26.2 Å². The first-order valence-corrected chi connectivity index (χ1v) is 8.82. The van der Waals surface area contributed by atoms with Crippen molar-refractivity contribution in [3.63, 3.8) is 0 Å². The molecule has 0 aliphatic carbocycles. The summed E-state index contributed by atoms with van der Waals surface area (Å²) in [5.74, 6) is 0. The van der Waals surface area contributed by atoms with Crippen LogP contribution in [0.4, 0.5) is 5.69 Å². The highest BCUT2D eigenvalue weighted by atomic mass is 15.3. The fourth-order valence-electron chi connectivity index (χ4n) is 3.85. The van der Waals surface area contributed by atoms with E-state index in [1.165, 1.54) is 22.0 Å². The molecule has 0 saturated carbocycles. The lowest BCUT2D eigenvalue weighted by Crippen LogP contribution is -2.51. The van der Waals surface area contributed by atoms with Crippen LogP contribution in [0.3, 0.4) is 0 Å². The van der Waals surface area contributed by atoms with Gasteiger partial charge in [-0.25, -0.2) is 0 Å². The van der Waals surface area contributed by atoms with Gasteiger partial charge in [-0.1, -0.05) is 60.7 Å². The Labute approximate surface area is 144 Å². The zero-order valence-electron chi connectivity index (χ0n) is 14.2. The van der Waals surface area contributed by atoms with Gasteiger partial charge >= 0.3 is 0 Å². The van der Waals surface area contributed by atoms with Crippen molar-refractivity contribution in [1.29, 1.82) is 0 Å². The van der Waals surface area contributed by atoms with E-state index in [1.54, 1.807) is 0 Å². The fraction of sp³-hybridized carbons (Fsp3) is 0.273. The maximum Gasteiger partial charge on any atom is 0.0389 e. The monoisotopic (exact) mass is 316 g/mol. The Kier molecular flexibility index (Phi) is 4.22. The first kappa shape index (κ1) is 15.2. The standard InChI is InChI=1S/C22H24N2/c1-18-16-23(14-15-24(18)21-11-3-2-4-12-21)17-20-10-7-9-19-8-5-6-13-22(19)20/h2-13,18H,14-17H2,1H3. The lowest BCUT2D eigenvalue weighted by Gasteiger charge is -2.41. The first-order chi connectivity index (χ1) is 11.8. The Morgan fingerprint density at radius 3 is 2.42 bits per heavy atom. The fourth-order valence-corrected chi connectivity index (χ4v) is 3.85. The number of fused-ring (bicyclic) bond motifs is 1. The van der Waals surface area contributed by atoms with Crippen LogP contribution >= 0.6 is 0 Å². The molecule has 1 unspecified atom stereocenters. The van der Waals surface area contributed by atoms with Crippen LogP contribution in [0.25, 0.3) is 10.8 Å². The number of hydrogen-bond acceptors (Lipinski definition) is 2. The molecule has 0 N–H and O–H groups in total. The average Bonchev–Trinajstić information content (AvgIpc) is 2.63. The van der Waals surface area contributed by atoms with Crippen molar-refractivity contribution >= 4 is 16.5 Å². The largest absolute Gasteiger partial charge is 0.366 e. The SMILES string of the molecule is CC1CN(Cc2cccc3ccccc23)CCN1c1ccccc1. The van der Waals surface area contributed by atoms with Gasteiger partial charge in [-0.3, -0.25) is 4.90 Å². The van der Waals surface area contributed by atoms with E-state index in [0.29, 0.717) is 6.04 Å². The molecule has 0 spiro atoms. The van der Waals surface area contributed by atoms with Gasteiger partial charge in [-0.2, -0.15) is 0 Å². The van der Waals surface area contributed by atoms with Crippen molar-refractivity contribution < 1.29 is 0 Å². The molecular formula is C22H24N2. The van der Waals surface area contributed by atoms with Gasteiger partial charge in [-0.15, -0.1) is 0 Å². The number of anilines is 1. The highest BCUT2D eigenvalue weighted by Gasteiger charge is 2.23. The molecule has 0 amide bonds. The lowest BCUT2D eigenvalue weighted by molar-refractivity contribution is 0.221. The van der Waals surface area contributed by atoms with E-state index >= 15 is 0 Å². The lowest BCUT2D eigenvalue weighted by atomic mass is 10.0. The molecule has 0 bridgehead atoms. The molecule has 122 valence electrons. The number of piperazine rings is 1. The van der Waals surface area contributed by atoms with Gasteiger partial charge < -0.3 is 4.90 Å². The van der Waals surface area contributed by atoms with Crippen molar-refractivity contribution in [3.8, 4) is 0 Å². The summed E-state index contributed by atoms with van der Waals surface area (Å²) in [5, 5.41) is 2.73. The summed E-state index contributed by atoms with van der Waals surface area (Å²) in [4.78, 5) is 5.12. The van der Waals surface area contributed by atoms with Gasteiger partial charge in [0.25, 0.3) is 0 Å². The Balaban J connectivity index is 1.49. The molecular weight excluding hydrogens is 292 g/mol. The van der Waals surface area contributed by atoms with Crippen molar-refractivity contribution in [1.82, 2.24) is 4.90 Å². The molecule has 0 aromatic heterocycles. The predicted molar refractivity (Wildman–Crippen MR) is 102 cm³/mol. The summed E-state index contributed by atoms with van der Waals surface area (Å²) in [7, 11) is 0. The van der Waals surface area contributed by atoms with Gasteiger partial charge in [0.15, 0.2) is 0 Å². The van der Waals surface area contributed by atoms with Crippen LogP contribution < -0.4 is 4.90 Å². The predicted octanol–water partition coefficient (Wildman–Crippen LogP) is 4.55. The molecule has 4 rings (SSSR count). The zero-order chi connectivity index (χ0) is 16.4.